The second-order valence-electron chi connectivity index (χ2n) is 7.60. The lowest BCUT2D eigenvalue weighted by Gasteiger charge is -2.22. The molecule has 154 valence electrons. The number of ketones is 1. The molecule has 30 heavy (non-hydrogen) atoms. The van der Waals surface area contributed by atoms with E-state index in [4.69, 9.17) is 5.21 Å². The number of hydrogen-bond donors (Lipinski definition) is 2. The number of carbonyl (C=O) groups excluding carboxylic acids is 2. The molecule has 0 fully saturated rings. The quantitative estimate of drug-likeness (QED) is 0.304. The summed E-state index contributed by atoms with van der Waals surface area (Å²) in [4.78, 5) is 24.4. The van der Waals surface area contributed by atoms with E-state index in [9.17, 15) is 14.0 Å². The van der Waals surface area contributed by atoms with Crippen molar-refractivity contribution >= 4 is 11.7 Å². The molecule has 0 saturated heterocycles. The summed E-state index contributed by atoms with van der Waals surface area (Å²) in [6, 6.07) is 21.4. The van der Waals surface area contributed by atoms with Crippen LogP contribution in [0.2, 0.25) is 0 Å². The van der Waals surface area contributed by atoms with Gasteiger partial charge in [-0.3, -0.25) is 14.8 Å². The number of nitrogens with one attached hydrogen (secondary N) is 1. The van der Waals surface area contributed by atoms with Gasteiger partial charge >= 0.3 is 0 Å². The number of hydroxylamine groups is 1. The summed E-state index contributed by atoms with van der Waals surface area (Å²) in [7, 11) is 0. The lowest BCUT2D eigenvalue weighted by Crippen LogP contribution is -2.19. The fraction of sp³-hybridized carbons (Fsp3) is 0.200. The van der Waals surface area contributed by atoms with E-state index in [0.29, 0.717) is 11.1 Å². The fourth-order valence-corrected chi connectivity index (χ4v) is 3.54. The van der Waals surface area contributed by atoms with Crippen molar-refractivity contribution in [3.63, 3.8) is 0 Å². The van der Waals surface area contributed by atoms with Crippen LogP contribution in [0.1, 0.15) is 52.5 Å². The third kappa shape index (κ3) is 4.81. The highest BCUT2D eigenvalue weighted by molar-refractivity contribution is 5.97. The van der Waals surface area contributed by atoms with E-state index in [1.165, 1.54) is 17.6 Å². The molecular weight excluding hydrogens is 381 g/mol. The minimum atomic E-state index is -0.781. The van der Waals surface area contributed by atoms with Gasteiger partial charge in [0.25, 0.3) is 5.91 Å². The highest BCUT2D eigenvalue weighted by Crippen LogP contribution is 2.32. The number of carbonyl (C=O) groups is 2. The Morgan fingerprint density at radius 2 is 1.50 bits per heavy atom. The first kappa shape index (κ1) is 21.4. The Morgan fingerprint density at radius 1 is 0.900 bits per heavy atom. The zero-order chi connectivity index (χ0) is 21.7. The van der Waals surface area contributed by atoms with Crippen LogP contribution in [0.5, 0.6) is 0 Å². The number of hydrogen-bond acceptors (Lipinski definition) is 3. The van der Waals surface area contributed by atoms with Crippen molar-refractivity contribution in [2.75, 3.05) is 0 Å². The van der Waals surface area contributed by atoms with Crippen molar-refractivity contribution in [3.8, 4) is 11.1 Å². The normalized spacial score (nSPS) is 11.9. The number of rotatable bonds is 7. The first-order valence-electron chi connectivity index (χ1n) is 9.83. The van der Waals surface area contributed by atoms with Gasteiger partial charge in [0.1, 0.15) is 5.82 Å². The van der Waals surface area contributed by atoms with Gasteiger partial charge in [-0.15, -0.1) is 0 Å². The minimum Gasteiger partial charge on any atom is -0.294 e. The molecule has 3 aromatic carbocycles. The van der Waals surface area contributed by atoms with Crippen molar-refractivity contribution in [2.45, 2.75) is 26.2 Å². The lowest BCUT2D eigenvalue weighted by molar-refractivity contribution is 0.0705. The molecule has 3 aromatic rings. The maximum absolute atomic E-state index is 14.7. The summed E-state index contributed by atoms with van der Waals surface area (Å²) in [6.45, 7) is 3.87. The predicted molar refractivity (Wildman–Crippen MR) is 114 cm³/mol. The van der Waals surface area contributed by atoms with Crippen molar-refractivity contribution in [3.05, 3.63) is 95.3 Å². The van der Waals surface area contributed by atoms with Crippen LogP contribution in [0.4, 0.5) is 4.39 Å². The Balaban J connectivity index is 1.80. The summed E-state index contributed by atoms with van der Waals surface area (Å²) < 4.78 is 14.7. The number of benzene rings is 3. The highest BCUT2D eigenvalue weighted by atomic mass is 19.1. The molecule has 0 saturated carbocycles. The van der Waals surface area contributed by atoms with E-state index in [-0.39, 0.29) is 29.6 Å². The standard InChI is InChI=1S/C25H24FNO3/c1-16(2)22(21-13-12-20(14-23(21)26)25(29)27-30)15-24(28)19-10-8-18(9-11-19)17-6-4-3-5-7-17/h3-14,16,22,30H,15H2,1-2H3,(H,27,29)/t22-/m1/s1. The summed E-state index contributed by atoms with van der Waals surface area (Å²) in [5.74, 6) is -1.73. The highest BCUT2D eigenvalue weighted by Gasteiger charge is 2.24. The number of halogens is 1. The predicted octanol–water partition coefficient (Wildman–Crippen LogP) is 5.62. The van der Waals surface area contributed by atoms with E-state index < -0.39 is 11.7 Å². The van der Waals surface area contributed by atoms with Gasteiger partial charge in [0, 0.05) is 17.5 Å². The molecule has 5 heteroatoms. The van der Waals surface area contributed by atoms with Crippen LogP contribution in [-0.4, -0.2) is 16.9 Å². The molecule has 0 radical (unpaired) electrons. The van der Waals surface area contributed by atoms with Crippen LogP contribution in [0.3, 0.4) is 0 Å². The molecule has 0 bridgehead atoms. The van der Waals surface area contributed by atoms with Gasteiger partial charge < -0.3 is 0 Å². The molecule has 0 aromatic heterocycles. The third-order valence-corrected chi connectivity index (χ3v) is 5.29. The minimum absolute atomic E-state index is 0.0177. The van der Waals surface area contributed by atoms with E-state index >= 15 is 0 Å². The maximum Gasteiger partial charge on any atom is 0.274 e. The Kier molecular flexibility index (Phi) is 6.75. The van der Waals surface area contributed by atoms with Crippen LogP contribution < -0.4 is 5.48 Å². The smallest absolute Gasteiger partial charge is 0.274 e. The van der Waals surface area contributed by atoms with E-state index in [2.05, 4.69) is 0 Å². The van der Waals surface area contributed by atoms with Gasteiger partial charge in [-0.05, 0) is 40.7 Å². The zero-order valence-corrected chi connectivity index (χ0v) is 16.9. The zero-order valence-electron chi connectivity index (χ0n) is 16.9. The van der Waals surface area contributed by atoms with Gasteiger partial charge in [-0.2, -0.15) is 0 Å². The van der Waals surface area contributed by atoms with Crippen molar-refractivity contribution in [1.82, 2.24) is 5.48 Å². The molecule has 1 atom stereocenters. The second kappa shape index (κ2) is 9.46. The summed E-state index contributed by atoms with van der Waals surface area (Å²) in [5.41, 5.74) is 4.57. The molecule has 0 aliphatic carbocycles. The average molecular weight is 405 g/mol. The molecule has 2 N–H and O–H groups in total. The summed E-state index contributed by atoms with van der Waals surface area (Å²) >= 11 is 0. The maximum atomic E-state index is 14.7. The lowest BCUT2D eigenvalue weighted by atomic mass is 9.82. The van der Waals surface area contributed by atoms with Gasteiger partial charge in [0.05, 0.1) is 0 Å². The van der Waals surface area contributed by atoms with Crippen molar-refractivity contribution < 1.29 is 19.2 Å². The fourth-order valence-electron chi connectivity index (χ4n) is 3.54. The van der Waals surface area contributed by atoms with E-state index in [0.717, 1.165) is 17.2 Å². The molecule has 0 aliphatic rings. The molecular formula is C25H24FNO3. The number of Topliss-reactive ketones (excluding diaryl/α,β-unsaturated/α-hetero) is 1. The molecule has 0 heterocycles. The van der Waals surface area contributed by atoms with Crippen LogP contribution in [0.25, 0.3) is 11.1 Å². The van der Waals surface area contributed by atoms with E-state index in [1.54, 1.807) is 12.1 Å². The Labute approximate surface area is 175 Å². The van der Waals surface area contributed by atoms with Gasteiger partial charge in [0.2, 0.25) is 0 Å². The van der Waals surface area contributed by atoms with Crippen LogP contribution in [-0.2, 0) is 0 Å². The Morgan fingerprint density at radius 3 is 2.07 bits per heavy atom. The average Bonchev–Trinajstić information content (AvgIpc) is 2.77. The van der Waals surface area contributed by atoms with Gasteiger partial charge in [-0.25, -0.2) is 9.87 Å². The molecule has 0 aliphatic heterocycles. The monoisotopic (exact) mass is 405 g/mol. The van der Waals surface area contributed by atoms with Crippen LogP contribution in [0, 0.1) is 11.7 Å². The molecule has 3 rings (SSSR count). The molecule has 0 spiro atoms. The Bertz CT molecular complexity index is 1030. The number of amides is 1. The molecule has 0 unspecified atom stereocenters. The van der Waals surface area contributed by atoms with Gasteiger partial charge in [-0.1, -0.05) is 74.5 Å². The molecule has 1 amide bonds. The van der Waals surface area contributed by atoms with Crippen LogP contribution >= 0.6 is 0 Å². The SMILES string of the molecule is CC(C)[C@@H](CC(=O)c1ccc(-c2ccccc2)cc1)c1ccc(C(=O)NO)cc1F. The van der Waals surface area contributed by atoms with E-state index in [1.807, 2.05) is 56.3 Å². The van der Waals surface area contributed by atoms with Crippen molar-refractivity contribution in [2.24, 2.45) is 5.92 Å². The first-order chi connectivity index (χ1) is 14.4. The summed E-state index contributed by atoms with van der Waals surface area (Å²) in [6.07, 6.45) is 0.158. The third-order valence-electron chi connectivity index (χ3n) is 5.29. The topological polar surface area (TPSA) is 66.4 Å². The molecule has 4 nitrogen and oxygen atoms in total. The first-order valence-corrected chi connectivity index (χ1v) is 9.83. The van der Waals surface area contributed by atoms with Crippen molar-refractivity contribution in [1.29, 1.82) is 0 Å². The van der Waals surface area contributed by atoms with Crippen LogP contribution in [0.15, 0.2) is 72.8 Å². The second-order valence-corrected chi connectivity index (χ2v) is 7.60. The van der Waals surface area contributed by atoms with Gasteiger partial charge in [0.15, 0.2) is 5.78 Å². The summed E-state index contributed by atoms with van der Waals surface area (Å²) in [5, 5.41) is 8.72. The largest absolute Gasteiger partial charge is 0.294 e. The Hall–Kier alpha value is -3.31.